The molecule has 0 fully saturated rings. The molecule has 1 atom stereocenters. The molecule has 0 aromatic heterocycles. The summed E-state index contributed by atoms with van der Waals surface area (Å²) in [7, 11) is 2.99. The summed E-state index contributed by atoms with van der Waals surface area (Å²) in [5, 5.41) is 6.22. The Morgan fingerprint density at radius 1 is 1.00 bits per heavy atom. The highest BCUT2D eigenvalue weighted by Gasteiger charge is 2.29. The van der Waals surface area contributed by atoms with Gasteiger partial charge in [0.1, 0.15) is 0 Å². The minimum atomic E-state index is -0.604. The summed E-state index contributed by atoms with van der Waals surface area (Å²) in [6.07, 6.45) is 0. The van der Waals surface area contributed by atoms with Crippen LogP contribution in [0.4, 0.5) is 17.1 Å². The second-order valence-electron chi connectivity index (χ2n) is 8.18. The number of nitrogens with zero attached hydrogens (tertiary/aromatic N) is 1. The first-order valence-electron chi connectivity index (χ1n) is 11.0. The molecule has 8 heteroatoms. The zero-order chi connectivity index (χ0) is 25.1. The summed E-state index contributed by atoms with van der Waals surface area (Å²) in [5.74, 6) is -0.955. The van der Waals surface area contributed by atoms with E-state index in [4.69, 9.17) is 10.5 Å². The van der Waals surface area contributed by atoms with Crippen molar-refractivity contribution in [1.29, 1.82) is 0 Å². The molecule has 178 valence electrons. The second-order valence-corrected chi connectivity index (χ2v) is 8.18. The van der Waals surface area contributed by atoms with Gasteiger partial charge >= 0.3 is 5.97 Å². The molecule has 0 saturated heterocycles. The Bertz CT molecular complexity index is 1310. The topological polar surface area (TPSA) is 114 Å². The number of ether oxygens (including phenoxy) is 1. The van der Waals surface area contributed by atoms with Gasteiger partial charge in [0, 0.05) is 24.0 Å². The molecule has 3 aromatic rings. The monoisotopic (exact) mass is 470 g/mol. The van der Waals surface area contributed by atoms with Gasteiger partial charge in [0.2, 0.25) is 5.91 Å². The minimum absolute atomic E-state index is 0.191. The standard InChI is InChI=1S/C27H26N4O4/c1-16(28)26(33)31(2)20-12-10-19(11-13-20)29-24(17-7-5-4-6-8-17)23-21-14-9-18(27(34)35-3)15-22(21)30-25(23)32/h4-16,29H,28H2,1-3H3,(H,30,32)/b24-23-. The normalized spacial score (nSPS) is 14.5. The van der Waals surface area contributed by atoms with E-state index in [1.165, 1.54) is 12.0 Å². The van der Waals surface area contributed by atoms with E-state index >= 15 is 0 Å². The lowest BCUT2D eigenvalue weighted by Crippen LogP contribution is -2.39. The lowest BCUT2D eigenvalue weighted by Gasteiger charge is -2.20. The van der Waals surface area contributed by atoms with Crippen molar-refractivity contribution < 1.29 is 19.1 Å². The van der Waals surface area contributed by atoms with Crippen molar-refractivity contribution in [3.63, 3.8) is 0 Å². The maximum Gasteiger partial charge on any atom is 0.337 e. The number of amides is 2. The third-order valence-corrected chi connectivity index (χ3v) is 5.74. The largest absolute Gasteiger partial charge is 0.465 e. The first kappa shape index (κ1) is 23.7. The Morgan fingerprint density at radius 3 is 2.31 bits per heavy atom. The van der Waals surface area contributed by atoms with Crippen molar-refractivity contribution >= 4 is 46.1 Å². The average molecular weight is 471 g/mol. The molecule has 1 heterocycles. The summed E-state index contributed by atoms with van der Waals surface area (Å²) in [5.41, 5.74) is 10.6. The van der Waals surface area contributed by atoms with Crippen molar-refractivity contribution in [1.82, 2.24) is 0 Å². The van der Waals surface area contributed by atoms with E-state index < -0.39 is 12.0 Å². The van der Waals surface area contributed by atoms with Crippen LogP contribution in [0.1, 0.15) is 28.4 Å². The van der Waals surface area contributed by atoms with E-state index in [0.29, 0.717) is 33.8 Å². The van der Waals surface area contributed by atoms with E-state index in [9.17, 15) is 14.4 Å². The zero-order valence-electron chi connectivity index (χ0n) is 19.7. The Hall–Kier alpha value is -4.43. The molecule has 1 unspecified atom stereocenters. The molecule has 0 bridgehead atoms. The Kier molecular flexibility index (Phi) is 6.66. The van der Waals surface area contributed by atoms with E-state index in [1.807, 2.05) is 42.5 Å². The summed E-state index contributed by atoms with van der Waals surface area (Å²) in [4.78, 5) is 38.7. The number of anilines is 3. The van der Waals surface area contributed by atoms with Gasteiger partial charge < -0.3 is 26.0 Å². The van der Waals surface area contributed by atoms with Gasteiger partial charge in [0.15, 0.2) is 0 Å². The highest BCUT2D eigenvalue weighted by atomic mass is 16.5. The molecule has 2 amide bonds. The van der Waals surface area contributed by atoms with Gasteiger partial charge in [0.05, 0.1) is 35.7 Å². The molecule has 0 saturated carbocycles. The van der Waals surface area contributed by atoms with Gasteiger partial charge in [-0.15, -0.1) is 0 Å². The first-order chi connectivity index (χ1) is 16.8. The lowest BCUT2D eigenvalue weighted by molar-refractivity contribution is -0.119. The molecule has 3 aromatic carbocycles. The van der Waals surface area contributed by atoms with Gasteiger partial charge in [-0.25, -0.2) is 4.79 Å². The fourth-order valence-corrected chi connectivity index (χ4v) is 3.90. The third kappa shape index (κ3) is 4.78. The number of benzene rings is 3. The van der Waals surface area contributed by atoms with Crippen LogP contribution >= 0.6 is 0 Å². The minimum Gasteiger partial charge on any atom is -0.465 e. The fourth-order valence-electron chi connectivity index (χ4n) is 3.90. The number of esters is 1. The smallest absolute Gasteiger partial charge is 0.337 e. The number of rotatable bonds is 6. The van der Waals surface area contributed by atoms with Crippen LogP contribution in [0.25, 0.3) is 11.3 Å². The lowest BCUT2D eigenvalue weighted by atomic mass is 9.99. The highest BCUT2D eigenvalue weighted by Crippen LogP contribution is 2.38. The predicted octanol–water partition coefficient (Wildman–Crippen LogP) is 3.72. The number of likely N-dealkylation sites (N-methyl/N-ethyl adjacent to an activating group) is 1. The van der Waals surface area contributed by atoms with E-state index in [-0.39, 0.29) is 11.8 Å². The number of fused-ring (bicyclic) bond motifs is 1. The van der Waals surface area contributed by atoms with Crippen molar-refractivity contribution in [2.45, 2.75) is 13.0 Å². The Morgan fingerprint density at radius 2 is 1.69 bits per heavy atom. The average Bonchev–Trinajstić information content (AvgIpc) is 3.21. The number of nitrogens with two attached hydrogens (primary N) is 1. The SMILES string of the molecule is COC(=O)c1ccc2c(c1)NC(=O)/C2=C(\Nc1ccc(N(C)C(=O)C(C)N)cc1)c1ccccc1. The van der Waals surface area contributed by atoms with Gasteiger partial charge in [-0.3, -0.25) is 9.59 Å². The van der Waals surface area contributed by atoms with Crippen LogP contribution in [-0.4, -0.2) is 38.0 Å². The molecule has 1 aliphatic rings. The number of carbonyl (C=O) groups excluding carboxylic acids is 3. The van der Waals surface area contributed by atoms with Crippen molar-refractivity contribution in [3.05, 3.63) is 89.5 Å². The van der Waals surface area contributed by atoms with Crippen LogP contribution in [0.15, 0.2) is 72.8 Å². The maximum absolute atomic E-state index is 13.1. The number of hydrogen-bond acceptors (Lipinski definition) is 6. The zero-order valence-corrected chi connectivity index (χ0v) is 19.7. The molecule has 4 rings (SSSR count). The third-order valence-electron chi connectivity index (χ3n) is 5.74. The maximum atomic E-state index is 13.1. The molecule has 0 aliphatic carbocycles. The molecule has 35 heavy (non-hydrogen) atoms. The summed E-state index contributed by atoms with van der Waals surface area (Å²) in [6, 6.07) is 21.1. The quantitative estimate of drug-likeness (QED) is 0.374. The van der Waals surface area contributed by atoms with E-state index in [0.717, 1.165) is 11.3 Å². The van der Waals surface area contributed by atoms with Crippen molar-refractivity contribution in [2.24, 2.45) is 5.73 Å². The number of carbonyl (C=O) groups is 3. The predicted molar refractivity (Wildman–Crippen MR) is 137 cm³/mol. The molecule has 0 spiro atoms. The van der Waals surface area contributed by atoms with Crippen LogP contribution < -0.4 is 21.3 Å². The summed E-state index contributed by atoms with van der Waals surface area (Å²) >= 11 is 0. The Labute approximate surface area is 203 Å². The fraction of sp³-hybridized carbons (Fsp3) is 0.148. The first-order valence-corrected chi connectivity index (χ1v) is 11.0. The van der Waals surface area contributed by atoms with Gasteiger partial charge in [-0.2, -0.15) is 0 Å². The highest BCUT2D eigenvalue weighted by molar-refractivity contribution is 6.37. The van der Waals surface area contributed by atoms with Gasteiger partial charge in [-0.05, 0) is 48.9 Å². The molecule has 0 radical (unpaired) electrons. The van der Waals surface area contributed by atoms with Crippen molar-refractivity contribution in [2.75, 3.05) is 29.7 Å². The van der Waals surface area contributed by atoms with Crippen molar-refractivity contribution in [3.8, 4) is 0 Å². The molecule has 1 aliphatic heterocycles. The number of methoxy groups -OCH3 is 1. The molecular formula is C27H26N4O4. The molecule has 8 nitrogen and oxygen atoms in total. The number of hydrogen-bond donors (Lipinski definition) is 3. The van der Waals surface area contributed by atoms with E-state index in [1.54, 1.807) is 44.3 Å². The van der Waals surface area contributed by atoms with Crippen LogP contribution in [0.5, 0.6) is 0 Å². The van der Waals surface area contributed by atoms with Crippen LogP contribution in [0, 0.1) is 0 Å². The van der Waals surface area contributed by atoms with Crippen LogP contribution in [-0.2, 0) is 14.3 Å². The number of nitrogens with one attached hydrogen (secondary N) is 2. The van der Waals surface area contributed by atoms with E-state index in [2.05, 4.69) is 10.6 Å². The molecule has 4 N–H and O–H groups in total. The van der Waals surface area contributed by atoms with Gasteiger partial charge in [-0.1, -0.05) is 36.4 Å². The second kappa shape index (κ2) is 9.82. The van der Waals surface area contributed by atoms with Gasteiger partial charge in [0.25, 0.3) is 5.91 Å². The molecular weight excluding hydrogens is 444 g/mol. The van der Waals surface area contributed by atoms with Crippen LogP contribution in [0.2, 0.25) is 0 Å². The summed E-state index contributed by atoms with van der Waals surface area (Å²) < 4.78 is 4.79. The van der Waals surface area contributed by atoms with Crippen LogP contribution in [0.3, 0.4) is 0 Å². The summed E-state index contributed by atoms with van der Waals surface area (Å²) in [6.45, 7) is 1.64. The Balaban J connectivity index is 1.75.